The molecule has 1 aromatic carbocycles. The monoisotopic (exact) mass is 282 g/mol. The van der Waals surface area contributed by atoms with Gasteiger partial charge in [0.2, 0.25) is 0 Å². The summed E-state index contributed by atoms with van der Waals surface area (Å²) < 4.78 is 1.71. The average Bonchev–Trinajstić information content (AvgIpc) is 2.98. The van der Waals surface area contributed by atoms with Gasteiger partial charge in [0.25, 0.3) is 5.78 Å². The van der Waals surface area contributed by atoms with Crippen LogP contribution in [0.4, 0.5) is 17.3 Å². The highest BCUT2D eigenvalue weighted by molar-refractivity contribution is 5.62. The van der Waals surface area contributed by atoms with Crippen LogP contribution in [0.5, 0.6) is 0 Å². The molecule has 6 nitrogen and oxygen atoms in total. The molecule has 0 bridgehead atoms. The Hall–Kier alpha value is -2.63. The van der Waals surface area contributed by atoms with Gasteiger partial charge >= 0.3 is 0 Å². The SMILES string of the molecule is CCN(CC)c1cc(Nc2ccccc2)n2ncnc2n1. The van der Waals surface area contributed by atoms with Gasteiger partial charge in [-0.2, -0.15) is 19.6 Å². The summed E-state index contributed by atoms with van der Waals surface area (Å²) in [4.78, 5) is 10.9. The van der Waals surface area contributed by atoms with Crippen LogP contribution in [0.25, 0.3) is 5.78 Å². The Morgan fingerprint density at radius 1 is 1.14 bits per heavy atom. The second-order valence-corrected chi connectivity index (χ2v) is 4.63. The fourth-order valence-electron chi connectivity index (χ4n) is 2.27. The second kappa shape index (κ2) is 5.78. The van der Waals surface area contributed by atoms with Crippen LogP contribution >= 0.6 is 0 Å². The zero-order chi connectivity index (χ0) is 14.7. The lowest BCUT2D eigenvalue weighted by Crippen LogP contribution is -2.23. The summed E-state index contributed by atoms with van der Waals surface area (Å²) in [5.74, 6) is 2.35. The van der Waals surface area contributed by atoms with Gasteiger partial charge in [-0.05, 0) is 26.0 Å². The van der Waals surface area contributed by atoms with Crippen molar-refractivity contribution in [2.45, 2.75) is 13.8 Å². The Labute approximate surface area is 123 Å². The van der Waals surface area contributed by atoms with Gasteiger partial charge < -0.3 is 10.2 Å². The first-order valence-electron chi connectivity index (χ1n) is 7.09. The Bertz CT molecular complexity index is 717. The minimum absolute atomic E-state index is 0.595. The Balaban J connectivity index is 2.05. The summed E-state index contributed by atoms with van der Waals surface area (Å²) in [6, 6.07) is 12.0. The summed E-state index contributed by atoms with van der Waals surface area (Å²) in [5, 5.41) is 7.60. The fourth-order valence-corrected chi connectivity index (χ4v) is 2.27. The molecular formula is C15H18N6. The number of para-hydroxylation sites is 1. The standard InChI is InChI=1S/C15H18N6/c1-3-20(4-2)13-10-14(18-12-8-6-5-7-9-12)21-15(19-13)16-11-17-21/h5-11,18H,3-4H2,1-2H3. The van der Waals surface area contributed by atoms with Gasteiger partial charge in [-0.3, -0.25) is 0 Å². The molecule has 0 aliphatic rings. The van der Waals surface area contributed by atoms with Crippen LogP contribution in [-0.2, 0) is 0 Å². The lowest BCUT2D eigenvalue weighted by molar-refractivity contribution is 0.837. The molecule has 6 heteroatoms. The van der Waals surface area contributed by atoms with Crippen molar-refractivity contribution in [2.75, 3.05) is 23.3 Å². The molecule has 0 fully saturated rings. The van der Waals surface area contributed by atoms with E-state index in [0.717, 1.165) is 30.4 Å². The number of hydrogen-bond acceptors (Lipinski definition) is 5. The lowest BCUT2D eigenvalue weighted by atomic mass is 10.3. The molecule has 0 aliphatic heterocycles. The van der Waals surface area contributed by atoms with E-state index in [9.17, 15) is 0 Å². The Morgan fingerprint density at radius 2 is 1.90 bits per heavy atom. The first-order valence-corrected chi connectivity index (χ1v) is 7.09. The molecule has 0 amide bonds. The summed E-state index contributed by atoms with van der Waals surface area (Å²) in [6.45, 7) is 6.03. The van der Waals surface area contributed by atoms with Crippen molar-refractivity contribution in [1.29, 1.82) is 0 Å². The van der Waals surface area contributed by atoms with E-state index < -0.39 is 0 Å². The maximum Gasteiger partial charge on any atom is 0.256 e. The van der Waals surface area contributed by atoms with Crippen molar-refractivity contribution in [1.82, 2.24) is 19.6 Å². The summed E-state index contributed by atoms with van der Waals surface area (Å²) in [5.41, 5.74) is 1.01. The van der Waals surface area contributed by atoms with Crippen molar-refractivity contribution in [2.24, 2.45) is 0 Å². The van der Waals surface area contributed by atoms with Crippen molar-refractivity contribution < 1.29 is 0 Å². The van der Waals surface area contributed by atoms with Gasteiger partial charge in [-0.25, -0.2) is 0 Å². The highest BCUT2D eigenvalue weighted by atomic mass is 15.4. The molecule has 0 spiro atoms. The molecule has 21 heavy (non-hydrogen) atoms. The van der Waals surface area contributed by atoms with Crippen LogP contribution in [0, 0.1) is 0 Å². The Morgan fingerprint density at radius 3 is 2.62 bits per heavy atom. The van der Waals surface area contributed by atoms with Crippen LogP contribution in [0.15, 0.2) is 42.7 Å². The van der Waals surface area contributed by atoms with Crippen molar-refractivity contribution in [3.8, 4) is 0 Å². The van der Waals surface area contributed by atoms with Gasteiger partial charge in [0.05, 0.1) is 0 Å². The first kappa shape index (κ1) is 13.4. The molecule has 2 aromatic heterocycles. The molecule has 0 aliphatic carbocycles. The van der Waals surface area contributed by atoms with Gasteiger partial charge in [0.1, 0.15) is 18.0 Å². The molecular weight excluding hydrogens is 264 g/mol. The van der Waals surface area contributed by atoms with E-state index in [1.54, 1.807) is 4.52 Å². The number of fused-ring (bicyclic) bond motifs is 1. The fraction of sp³-hybridized carbons (Fsp3) is 0.267. The lowest BCUT2D eigenvalue weighted by Gasteiger charge is -2.20. The predicted octanol–water partition coefficient (Wildman–Crippen LogP) is 2.71. The maximum atomic E-state index is 4.55. The van der Waals surface area contributed by atoms with E-state index >= 15 is 0 Å². The van der Waals surface area contributed by atoms with E-state index in [1.165, 1.54) is 6.33 Å². The minimum Gasteiger partial charge on any atom is -0.357 e. The molecule has 3 rings (SSSR count). The summed E-state index contributed by atoms with van der Waals surface area (Å²) in [7, 11) is 0. The van der Waals surface area contributed by atoms with Crippen LogP contribution in [0.2, 0.25) is 0 Å². The average molecular weight is 282 g/mol. The zero-order valence-electron chi connectivity index (χ0n) is 12.2. The van der Waals surface area contributed by atoms with Crippen molar-refractivity contribution in [3.63, 3.8) is 0 Å². The molecule has 0 radical (unpaired) electrons. The minimum atomic E-state index is 0.595. The molecule has 0 saturated carbocycles. The van der Waals surface area contributed by atoms with Gasteiger partial charge in [-0.15, -0.1) is 0 Å². The molecule has 1 N–H and O–H groups in total. The second-order valence-electron chi connectivity index (χ2n) is 4.63. The van der Waals surface area contributed by atoms with E-state index in [2.05, 4.69) is 39.1 Å². The third-order valence-corrected chi connectivity index (χ3v) is 3.37. The largest absolute Gasteiger partial charge is 0.357 e. The third kappa shape index (κ3) is 2.65. The van der Waals surface area contributed by atoms with Crippen LogP contribution in [0.1, 0.15) is 13.8 Å². The highest BCUT2D eigenvalue weighted by Crippen LogP contribution is 2.21. The molecule has 2 heterocycles. The number of rotatable bonds is 5. The summed E-state index contributed by atoms with van der Waals surface area (Å²) in [6.07, 6.45) is 1.52. The third-order valence-electron chi connectivity index (χ3n) is 3.37. The van der Waals surface area contributed by atoms with E-state index in [1.807, 2.05) is 36.4 Å². The van der Waals surface area contributed by atoms with Crippen molar-refractivity contribution in [3.05, 3.63) is 42.7 Å². The molecule has 0 atom stereocenters. The van der Waals surface area contributed by atoms with E-state index in [-0.39, 0.29) is 0 Å². The quantitative estimate of drug-likeness (QED) is 0.779. The highest BCUT2D eigenvalue weighted by Gasteiger charge is 2.11. The van der Waals surface area contributed by atoms with E-state index in [4.69, 9.17) is 0 Å². The smallest absolute Gasteiger partial charge is 0.256 e. The van der Waals surface area contributed by atoms with Crippen LogP contribution in [-0.4, -0.2) is 32.7 Å². The summed E-state index contributed by atoms with van der Waals surface area (Å²) >= 11 is 0. The molecule has 3 aromatic rings. The topological polar surface area (TPSA) is 58.4 Å². The van der Waals surface area contributed by atoms with Gasteiger partial charge in [0, 0.05) is 24.8 Å². The molecule has 108 valence electrons. The number of anilines is 3. The predicted molar refractivity (Wildman–Crippen MR) is 84.1 cm³/mol. The zero-order valence-corrected chi connectivity index (χ0v) is 12.2. The number of aromatic nitrogens is 4. The van der Waals surface area contributed by atoms with Crippen LogP contribution in [0.3, 0.4) is 0 Å². The van der Waals surface area contributed by atoms with Crippen molar-refractivity contribution >= 4 is 23.1 Å². The maximum absolute atomic E-state index is 4.55. The number of nitrogens with one attached hydrogen (secondary N) is 1. The molecule has 0 saturated heterocycles. The van der Waals surface area contributed by atoms with Gasteiger partial charge in [-0.1, -0.05) is 18.2 Å². The van der Waals surface area contributed by atoms with Gasteiger partial charge in [0.15, 0.2) is 0 Å². The number of nitrogens with zero attached hydrogens (tertiary/aromatic N) is 5. The first-order chi connectivity index (χ1) is 10.3. The van der Waals surface area contributed by atoms with Crippen LogP contribution < -0.4 is 10.2 Å². The normalized spacial score (nSPS) is 10.8. The molecule has 0 unspecified atom stereocenters. The van der Waals surface area contributed by atoms with E-state index in [0.29, 0.717) is 5.78 Å². The number of benzene rings is 1. The number of hydrogen-bond donors (Lipinski definition) is 1. The Kier molecular flexibility index (Phi) is 3.68.